The van der Waals surface area contributed by atoms with Crippen LogP contribution in [0.3, 0.4) is 0 Å². The van der Waals surface area contributed by atoms with E-state index in [1.165, 1.54) is 6.07 Å². The molecule has 5 heteroatoms. The van der Waals surface area contributed by atoms with Crippen LogP contribution in [0.2, 0.25) is 0 Å². The molecule has 0 unspecified atom stereocenters. The number of ether oxygens (including phenoxy) is 1. The molecule has 1 aromatic rings. The van der Waals surface area contributed by atoms with Crippen molar-refractivity contribution in [3.8, 4) is 5.75 Å². The lowest BCUT2D eigenvalue weighted by atomic mass is 10.3. The molecule has 1 aliphatic rings. The fourth-order valence-corrected chi connectivity index (χ4v) is 2.25. The fourth-order valence-electron chi connectivity index (χ4n) is 1.26. The van der Waals surface area contributed by atoms with Gasteiger partial charge in [-0.1, -0.05) is 12.1 Å². The maximum absolute atomic E-state index is 11.2. The van der Waals surface area contributed by atoms with Crippen molar-refractivity contribution in [2.45, 2.75) is 17.7 Å². The lowest BCUT2D eigenvalue weighted by Crippen LogP contribution is -2.03. The second-order valence-corrected chi connectivity index (χ2v) is 6.17. The maximum Gasteiger partial charge on any atom is 0.264 e. The summed E-state index contributed by atoms with van der Waals surface area (Å²) in [4.78, 5) is 0.0484. The van der Waals surface area contributed by atoms with Gasteiger partial charge in [-0.15, -0.1) is 0 Å². The lowest BCUT2D eigenvalue weighted by molar-refractivity contribution is 0.292. The molecule has 82 valence electrons. The van der Waals surface area contributed by atoms with Crippen LogP contribution in [0.5, 0.6) is 5.75 Å². The fraction of sp³-hybridized carbons (Fsp3) is 0.400. The number of para-hydroxylation sites is 1. The molecular weight excluding hydrogens is 236 g/mol. The van der Waals surface area contributed by atoms with Gasteiger partial charge in [0.05, 0.1) is 6.61 Å². The van der Waals surface area contributed by atoms with E-state index in [9.17, 15) is 8.42 Å². The molecule has 0 saturated heterocycles. The van der Waals surface area contributed by atoms with Crippen LogP contribution < -0.4 is 4.74 Å². The van der Waals surface area contributed by atoms with E-state index in [0.717, 1.165) is 12.8 Å². The molecule has 1 aliphatic carbocycles. The molecule has 0 bridgehead atoms. The summed E-state index contributed by atoms with van der Waals surface area (Å²) in [6.45, 7) is 0.573. The van der Waals surface area contributed by atoms with Gasteiger partial charge in [0.15, 0.2) is 0 Å². The molecular formula is C10H11ClO3S. The topological polar surface area (TPSA) is 43.4 Å². The van der Waals surface area contributed by atoms with Crippen LogP contribution in [0.15, 0.2) is 29.2 Å². The predicted molar refractivity (Wildman–Crippen MR) is 57.7 cm³/mol. The Bertz CT molecular complexity index is 451. The minimum Gasteiger partial charge on any atom is -0.492 e. The SMILES string of the molecule is O=S(=O)(Cl)c1ccccc1OCC1CC1. The molecule has 1 aromatic carbocycles. The minimum atomic E-state index is -3.71. The van der Waals surface area contributed by atoms with Crippen molar-refractivity contribution in [2.24, 2.45) is 5.92 Å². The molecule has 1 saturated carbocycles. The molecule has 0 aliphatic heterocycles. The summed E-state index contributed by atoms with van der Waals surface area (Å²) in [6.07, 6.45) is 2.32. The van der Waals surface area contributed by atoms with Crippen LogP contribution in [0.4, 0.5) is 0 Å². The molecule has 0 N–H and O–H groups in total. The molecule has 0 spiro atoms. The van der Waals surface area contributed by atoms with Gasteiger partial charge < -0.3 is 4.74 Å². The van der Waals surface area contributed by atoms with E-state index >= 15 is 0 Å². The number of halogens is 1. The first-order valence-corrected chi connectivity index (χ1v) is 7.05. The van der Waals surface area contributed by atoms with Gasteiger partial charge in [0.1, 0.15) is 10.6 Å². The third-order valence-corrected chi connectivity index (χ3v) is 3.64. The second kappa shape index (κ2) is 4.02. The third kappa shape index (κ3) is 2.86. The summed E-state index contributed by atoms with van der Waals surface area (Å²) in [5.74, 6) is 0.926. The Morgan fingerprint density at radius 1 is 1.33 bits per heavy atom. The summed E-state index contributed by atoms with van der Waals surface area (Å²) < 4.78 is 27.8. The first-order chi connectivity index (χ1) is 7.07. The van der Waals surface area contributed by atoms with E-state index in [1.807, 2.05) is 0 Å². The van der Waals surface area contributed by atoms with Crippen LogP contribution in [0.1, 0.15) is 12.8 Å². The number of hydrogen-bond acceptors (Lipinski definition) is 3. The van der Waals surface area contributed by atoms with Crippen molar-refractivity contribution in [3.05, 3.63) is 24.3 Å². The molecule has 0 atom stereocenters. The molecule has 0 heterocycles. The summed E-state index contributed by atoms with van der Waals surface area (Å²) in [5.41, 5.74) is 0. The Hall–Kier alpha value is -0.740. The van der Waals surface area contributed by atoms with E-state index < -0.39 is 9.05 Å². The zero-order valence-electron chi connectivity index (χ0n) is 8.02. The van der Waals surface area contributed by atoms with Gasteiger partial charge >= 0.3 is 0 Å². The summed E-state index contributed by atoms with van der Waals surface area (Å²) in [7, 11) is 1.57. The van der Waals surface area contributed by atoms with Crippen LogP contribution in [0, 0.1) is 5.92 Å². The zero-order chi connectivity index (χ0) is 10.9. The highest BCUT2D eigenvalue weighted by molar-refractivity contribution is 8.13. The van der Waals surface area contributed by atoms with E-state index in [0.29, 0.717) is 18.3 Å². The largest absolute Gasteiger partial charge is 0.492 e. The highest BCUT2D eigenvalue weighted by atomic mass is 35.7. The monoisotopic (exact) mass is 246 g/mol. The van der Waals surface area contributed by atoms with E-state index in [-0.39, 0.29) is 4.90 Å². The molecule has 0 amide bonds. The molecule has 0 radical (unpaired) electrons. The first kappa shape index (κ1) is 10.8. The Kier molecular flexibility index (Phi) is 2.89. The molecule has 1 fully saturated rings. The normalized spacial score (nSPS) is 16.3. The van der Waals surface area contributed by atoms with Crippen LogP contribution in [-0.2, 0) is 9.05 Å². The minimum absolute atomic E-state index is 0.0484. The third-order valence-electron chi connectivity index (χ3n) is 2.28. The van der Waals surface area contributed by atoms with Gasteiger partial charge in [-0.2, -0.15) is 0 Å². The Morgan fingerprint density at radius 2 is 2.00 bits per heavy atom. The van der Waals surface area contributed by atoms with Gasteiger partial charge in [-0.05, 0) is 30.9 Å². The van der Waals surface area contributed by atoms with Crippen molar-refractivity contribution in [1.82, 2.24) is 0 Å². The van der Waals surface area contributed by atoms with E-state index in [1.54, 1.807) is 18.2 Å². The second-order valence-electron chi connectivity index (χ2n) is 3.64. The first-order valence-electron chi connectivity index (χ1n) is 4.74. The predicted octanol–water partition coefficient (Wildman–Crippen LogP) is 2.40. The highest BCUT2D eigenvalue weighted by Crippen LogP contribution is 2.32. The van der Waals surface area contributed by atoms with Crippen LogP contribution in [-0.4, -0.2) is 15.0 Å². The summed E-state index contributed by atoms with van der Waals surface area (Å²) in [5, 5.41) is 0. The number of benzene rings is 1. The zero-order valence-corrected chi connectivity index (χ0v) is 9.59. The summed E-state index contributed by atoms with van der Waals surface area (Å²) in [6, 6.07) is 6.43. The Labute approximate surface area is 93.4 Å². The van der Waals surface area contributed by atoms with E-state index in [4.69, 9.17) is 15.4 Å². The average Bonchev–Trinajstić information content (AvgIpc) is 2.97. The smallest absolute Gasteiger partial charge is 0.264 e. The number of hydrogen-bond donors (Lipinski definition) is 0. The van der Waals surface area contributed by atoms with Crippen molar-refractivity contribution in [1.29, 1.82) is 0 Å². The van der Waals surface area contributed by atoms with Crippen molar-refractivity contribution < 1.29 is 13.2 Å². The maximum atomic E-state index is 11.2. The van der Waals surface area contributed by atoms with Gasteiger partial charge in [0.25, 0.3) is 9.05 Å². The van der Waals surface area contributed by atoms with Crippen LogP contribution >= 0.6 is 10.7 Å². The van der Waals surface area contributed by atoms with E-state index in [2.05, 4.69) is 0 Å². The van der Waals surface area contributed by atoms with Crippen molar-refractivity contribution in [2.75, 3.05) is 6.61 Å². The van der Waals surface area contributed by atoms with Gasteiger partial charge in [-0.25, -0.2) is 8.42 Å². The van der Waals surface area contributed by atoms with Crippen LogP contribution in [0.25, 0.3) is 0 Å². The molecule has 15 heavy (non-hydrogen) atoms. The number of rotatable bonds is 4. The molecule has 0 aromatic heterocycles. The quantitative estimate of drug-likeness (QED) is 0.767. The average molecular weight is 247 g/mol. The highest BCUT2D eigenvalue weighted by Gasteiger charge is 2.23. The van der Waals surface area contributed by atoms with Gasteiger partial charge in [-0.3, -0.25) is 0 Å². The van der Waals surface area contributed by atoms with Crippen molar-refractivity contribution in [3.63, 3.8) is 0 Å². The molecule has 2 rings (SSSR count). The Morgan fingerprint density at radius 3 is 2.60 bits per heavy atom. The lowest BCUT2D eigenvalue weighted by Gasteiger charge is -2.08. The standard InChI is InChI=1S/C10H11ClO3S/c11-15(12,13)10-4-2-1-3-9(10)14-7-8-5-6-8/h1-4,8H,5-7H2. The van der Waals surface area contributed by atoms with Crippen molar-refractivity contribution >= 4 is 19.7 Å². The van der Waals surface area contributed by atoms with Gasteiger partial charge in [0.2, 0.25) is 0 Å². The van der Waals surface area contributed by atoms with Gasteiger partial charge in [0, 0.05) is 10.7 Å². The summed E-state index contributed by atoms with van der Waals surface area (Å²) >= 11 is 0. The molecule has 3 nitrogen and oxygen atoms in total. The Balaban J connectivity index is 2.20.